The van der Waals surface area contributed by atoms with Crippen molar-refractivity contribution in [2.45, 2.75) is 31.2 Å². The van der Waals surface area contributed by atoms with Gasteiger partial charge in [0.25, 0.3) is 0 Å². The van der Waals surface area contributed by atoms with Gasteiger partial charge in [0.2, 0.25) is 0 Å². The zero-order valence-electron chi connectivity index (χ0n) is 13.5. The van der Waals surface area contributed by atoms with Crippen molar-refractivity contribution in [2.24, 2.45) is 0 Å². The Labute approximate surface area is 152 Å². The third-order valence-corrected chi connectivity index (χ3v) is 6.42. The lowest BCUT2D eigenvalue weighted by molar-refractivity contribution is 0.400. The van der Waals surface area contributed by atoms with Crippen LogP contribution in [0, 0.1) is 0 Å². The number of halogens is 2. The van der Waals surface area contributed by atoms with Gasteiger partial charge in [0, 0.05) is 46.3 Å². The number of hydrogen-bond donors (Lipinski definition) is 1. The van der Waals surface area contributed by atoms with E-state index in [9.17, 15) is 0 Å². The van der Waals surface area contributed by atoms with E-state index in [0.717, 1.165) is 23.7 Å². The molecule has 24 heavy (non-hydrogen) atoms. The van der Waals surface area contributed by atoms with E-state index in [4.69, 9.17) is 23.2 Å². The van der Waals surface area contributed by atoms with E-state index in [1.54, 1.807) is 0 Å². The van der Waals surface area contributed by atoms with Gasteiger partial charge in [-0.2, -0.15) is 0 Å². The van der Waals surface area contributed by atoms with Crippen molar-refractivity contribution >= 4 is 28.9 Å². The summed E-state index contributed by atoms with van der Waals surface area (Å²) in [6.45, 7) is 3.38. The highest BCUT2D eigenvalue weighted by Gasteiger charge is 2.43. The van der Waals surface area contributed by atoms with E-state index in [2.05, 4.69) is 28.4 Å². The lowest BCUT2D eigenvalue weighted by Gasteiger charge is -2.36. The molecular formula is C20H20Cl2N2. The van der Waals surface area contributed by atoms with Crippen molar-refractivity contribution in [3.63, 3.8) is 0 Å². The Balaban J connectivity index is 1.74. The molecule has 1 saturated heterocycles. The number of rotatable bonds is 1. The number of benzene rings is 2. The maximum absolute atomic E-state index is 6.55. The summed E-state index contributed by atoms with van der Waals surface area (Å²) in [7, 11) is 0. The molecule has 124 valence electrons. The quantitative estimate of drug-likeness (QED) is 0.781. The normalized spacial score (nSPS) is 24.7. The van der Waals surface area contributed by atoms with Gasteiger partial charge in [0.05, 0.1) is 0 Å². The molecule has 3 heterocycles. The van der Waals surface area contributed by atoms with Crippen LogP contribution >= 0.6 is 23.2 Å². The van der Waals surface area contributed by atoms with E-state index in [1.807, 2.05) is 12.1 Å². The van der Waals surface area contributed by atoms with Crippen LogP contribution in [0.15, 0.2) is 30.3 Å². The van der Waals surface area contributed by atoms with E-state index in [-0.39, 0.29) is 0 Å². The first-order valence-corrected chi connectivity index (χ1v) is 9.58. The van der Waals surface area contributed by atoms with Gasteiger partial charge in [-0.1, -0.05) is 41.4 Å². The van der Waals surface area contributed by atoms with Crippen molar-refractivity contribution < 1.29 is 0 Å². The minimum atomic E-state index is 0.563. The molecule has 2 aromatic carbocycles. The lowest BCUT2D eigenvalue weighted by atomic mass is 9.84. The minimum absolute atomic E-state index is 0.563. The number of fused-ring (bicyclic) bond motifs is 3. The van der Waals surface area contributed by atoms with Crippen LogP contribution in [0.1, 0.15) is 29.9 Å². The van der Waals surface area contributed by atoms with E-state index in [1.165, 1.54) is 48.2 Å². The van der Waals surface area contributed by atoms with Crippen LogP contribution in [-0.2, 0) is 6.42 Å². The van der Waals surface area contributed by atoms with Gasteiger partial charge in [-0.05, 0) is 54.6 Å². The van der Waals surface area contributed by atoms with Gasteiger partial charge < -0.3 is 10.2 Å². The average Bonchev–Trinajstić information content (AvgIpc) is 2.93. The van der Waals surface area contributed by atoms with E-state index in [0.29, 0.717) is 17.0 Å². The molecule has 0 saturated carbocycles. The lowest BCUT2D eigenvalue weighted by Crippen LogP contribution is -2.45. The monoisotopic (exact) mass is 358 g/mol. The number of aryl methyl sites for hydroxylation is 1. The van der Waals surface area contributed by atoms with E-state index < -0.39 is 0 Å². The molecule has 5 rings (SSSR count). The van der Waals surface area contributed by atoms with Crippen molar-refractivity contribution in [1.29, 1.82) is 0 Å². The second kappa shape index (κ2) is 5.66. The fourth-order valence-corrected chi connectivity index (χ4v) is 5.42. The van der Waals surface area contributed by atoms with Crippen LogP contribution in [0.5, 0.6) is 0 Å². The van der Waals surface area contributed by atoms with Crippen LogP contribution in [0.2, 0.25) is 10.0 Å². The summed E-state index contributed by atoms with van der Waals surface area (Å²) in [6.07, 6.45) is 3.69. The summed E-state index contributed by atoms with van der Waals surface area (Å²) in [4.78, 5) is 2.69. The molecule has 0 aromatic heterocycles. The maximum Gasteiger partial charge on any atom is 0.0499 e. The number of anilines is 1. The average molecular weight is 359 g/mol. The summed E-state index contributed by atoms with van der Waals surface area (Å²) >= 11 is 12.7. The first-order chi connectivity index (χ1) is 11.7. The Morgan fingerprint density at radius 3 is 2.83 bits per heavy atom. The fraction of sp³-hybridized carbons (Fsp3) is 0.400. The maximum atomic E-state index is 6.55. The summed E-state index contributed by atoms with van der Waals surface area (Å²) < 4.78 is 0. The SMILES string of the molecule is Clc1ccc(-c2ccc3c4c2C2CNCCC2N4CCC3)c(Cl)c1. The Morgan fingerprint density at radius 1 is 1.08 bits per heavy atom. The highest BCUT2D eigenvalue weighted by molar-refractivity contribution is 6.36. The summed E-state index contributed by atoms with van der Waals surface area (Å²) in [6, 6.07) is 11.1. The Kier molecular flexibility index (Phi) is 3.55. The summed E-state index contributed by atoms with van der Waals surface area (Å²) in [5.74, 6) is 0.563. The first-order valence-electron chi connectivity index (χ1n) is 8.82. The van der Waals surface area contributed by atoms with Crippen molar-refractivity contribution in [2.75, 3.05) is 24.5 Å². The number of nitrogens with zero attached hydrogens (tertiary/aromatic N) is 1. The summed E-state index contributed by atoms with van der Waals surface area (Å²) in [5.41, 5.74) is 6.92. The molecular weight excluding hydrogens is 339 g/mol. The standard InChI is InChI=1S/C20H20Cl2N2/c21-13-4-6-14(17(22)10-13)15-5-3-12-2-1-9-24-18-7-8-23-11-16(18)19(15)20(12)24/h3-6,10,16,18,23H,1-2,7-9,11H2. The van der Waals surface area contributed by atoms with Gasteiger partial charge in [-0.25, -0.2) is 0 Å². The highest BCUT2D eigenvalue weighted by Crippen LogP contribution is 2.51. The van der Waals surface area contributed by atoms with Gasteiger partial charge >= 0.3 is 0 Å². The molecule has 0 bridgehead atoms. The smallest absolute Gasteiger partial charge is 0.0499 e. The minimum Gasteiger partial charge on any atom is -0.367 e. The van der Waals surface area contributed by atoms with Crippen molar-refractivity contribution in [1.82, 2.24) is 5.32 Å². The van der Waals surface area contributed by atoms with Crippen LogP contribution in [0.4, 0.5) is 5.69 Å². The highest BCUT2D eigenvalue weighted by atomic mass is 35.5. The molecule has 3 aliphatic rings. The number of nitrogens with one attached hydrogen (secondary N) is 1. The first kappa shape index (κ1) is 15.1. The zero-order valence-corrected chi connectivity index (χ0v) is 15.0. The second-order valence-corrected chi connectivity index (χ2v) is 7.97. The fourth-order valence-electron chi connectivity index (χ4n) is 4.91. The Morgan fingerprint density at radius 2 is 1.96 bits per heavy atom. The Bertz CT molecular complexity index is 818. The van der Waals surface area contributed by atoms with E-state index >= 15 is 0 Å². The molecule has 4 heteroatoms. The number of hydrogen-bond acceptors (Lipinski definition) is 2. The topological polar surface area (TPSA) is 15.3 Å². The van der Waals surface area contributed by atoms with Crippen LogP contribution in [-0.4, -0.2) is 25.7 Å². The van der Waals surface area contributed by atoms with Gasteiger partial charge in [0.15, 0.2) is 0 Å². The van der Waals surface area contributed by atoms with Gasteiger partial charge in [0.1, 0.15) is 0 Å². The largest absolute Gasteiger partial charge is 0.367 e. The van der Waals surface area contributed by atoms with Gasteiger partial charge in [-0.3, -0.25) is 0 Å². The molecule has 2 nitrogen and oxygen atoms in total. The summed E-state index contributed by atoms with van der Waals surface area (Å²) in [5, 5.41) is 5.04. The van der Waals surface area contributed by atoms with Crippen molar-refractivity contribution in [3.05, 3.63) is 51.5 Å². The molecule has 1 fully saturated rings. The number of piperidine rings is 1. The molecule has 0 aliphatic carbocycles. The molecule has 0 amide bonds. The molecule has 0 radical (unpaired) electrons. The molecule has 2 aromatic rings. The van der Waals surface area contributed by atoms with Crippen LogP contribution in [0.25, 0.3) is 11.1 Å². The molecule has 2 unspecified atom stereocenters. The van der Waals surface area contributed by atoms with Crippen LogP contribution in [0.3, 0.4) is 0 Å². The van der Waals surface area contributed by atoms with Gasteiger partial charge in [-0.15, -0.1) is 0 Å². The molecule has 0 spiro atoms. The molecule has 2 atom stereocenters. The predicted molar refractivity (Wildman–Crippen MR) is 102 cm³/mol. The zero-order chi connectivity index (χ0) is 16.3. The second-order valence-electron chi connectivity index (χ2n) is 7.12. The third kappa shape index (κ3) is 2.13. The van der Waals surface area contributed by atoms with Crippen LogP contribution < -0.4 is 10.2 Å². The van der Waals surface area contributed by atoms with Crippen molar-refractivity contribution in [3.8, 4) is 11.1 Å². The Hall–Kier alpha value is -1.22. The predicted octanol–water partition coefficient (Wildman–Crippen LogP) is 4.87. The molecule has 3 aliphatic heterocycles. The molecule has 1 N–H and O–H groups in total. The third-order valence-electron chi connectivity index (χ3n) is 5.87.